The van der Waals surface area contributed by atoms with Gasteiger partial charge in [-0.15, -0.1) is 0 Å². The summed E-state index contributed by atoms with van der Waals surface area (Å²) in [6, 6.07) is 25.8. The van der Waals surface area contributed by atoms with Crippen LogP contribution in [0.5, 0.6) is 0 Å². The second kappa shape index (κ2) is 10.0. The Kier molecular flexibility index (Phi) is 6.71. The van der Waals surface area contributed by atoms with Gasteiger partial charge in [-0.25, -0.2) is 0 Å². The van der Waals surface area contributed by atoms with Crippen molar-refractivity contribution in [3.05, 3.63) is 145 Å². The zero-order valence-electron chi connectivity index (χ0n) is 19.3. The van der Waals surface area contributed by atoms with E-state index in [1.807, 2.05) is 37.3 Å². The number of hydrogen-bond acceptors (Lipinski definition) is 0. The Morgan fingerprint density at radius 3 is 2.33 bits per heavy atom. The molecule has 0 aliphatic heterocycles. The van der Waals surface area contributed by atoms with Gasteiger partial charge in [0.05, 0.1) is 11.0 Å². The largest absolute Gasteiger partial charge is 0.309 e. The summed E-state index contributed by atoms with van der Waals surface area (Å²) in [6.45, 7) is 12.3. The summed E-state index contributed by atoms with van der Waals surface area (Å²) in [5.41, 5.74) is 7.95. The Balaban J connectivity index is 1.86. The van der Waals surface area contributed by atoms with Crippen molar-refractivity contribution >= 4 is 27.4 Å². The van der Waals surface area contributed by atoms with Gasteiger partial charge in [0.2, 0.25) is 0 Å². The van der Waals surface area contributed by atoms with Crippen molar-refractivity contribution in [2.24, 2.45) is 0 Å². The summed E-state index contributed by atoms with van der Waals surface area (Å²) in [6.07, 6.45) is 14.2. The molecule has 0 saturated carbocycles. The number of hydrogen-bond donors (Lipinski definition) is 0. The summed E-state index contributed by atoms with van der Waals surface area (Å²) in [5.74, 6) is 0. The smallest absolute Gasteiger partial charge is 0.0541 e. The molecule has 0 N–H and O–H groups in total. The van der Waals surface area contributed by atoms with Crippen LogP contribution in [0.2, 0.25) is 0 Å². The van der Waals surface area contributed by atoms with Crippen molar-refractivity contribution in [1.82, 2.24) is 4.57 Å². The molecule has 1 heterocycles. The van der Waals surface area contributed by atoms with E-state index in [4.69, 9.17) is 0 Å². The number of benzene rings is 3. The van der Waals surface area contributed by atoms with Gasteiger partial charge in [-0.1, -0.05) is 98.2 Å². The summed E-state index contributed by atoms with van der Waals surface area (Å²) in [4.78, 5) is 0. The minimum Gasteiger partial charge on any atom is -0.309 e. The maximum Gasteiger partial charge on any atom is 0.0541 e. The fourth-order valence-corrected chi connectivity index (χ4v) is 4.10. The first kappa shape index (κ1) is 22.1. The molecule has 1 aromatic heterocycles. The monoisotopic (exact) mass is 427 g/mol. The molecule has 0 atom stereocenters. The molecule has 33 heavy (non-hydrogen) atoms. The van der Waals surface area contributed by atoms with E-state index in [-0.39, 0.29) is 0 Å². The van der Waals surface area contributed by atoms with Crippen molar-refractivity contribution in [3.63, 3.8) is 0 Å². The molecule has 4 aromatic rings. The third-order valence-electron chi connectivity index (χ3n) is 5.80. The van der Waals surface area contributed by atoms with E-state index in [1.165, 1.54) is 27.5 Å². The molecule has 0 saturated heterocycles. The van der Waals surface area contributed by atoms with Gasteiger partial charge < -0.3 is 4.57 Å². The Hall–Kier alpha value is -4.10. The van der Waals surface area contributed by atoms with Gasteiger partial charge in [-0.05, 0) is 66.5 Å². The summed E-state index contributed by atoms with van der Waals surface area (Å²) < 4.78 is 2.33. The lowest BCUT2D eigenvalue weighted by molar-refractivity contribution is 1.18. The fourth-order valence-electron chi connectivity index (χ4n) is 4.10. The van der Waals surface area contributed by atoms with Crippen LogP contribution in [0.25, 0.3) is 33.1 Å². The van der Waals surface area contributed by atoms with Crippen LogP contribution in [0.15, 0.2) is 140 Å². The van der Waals surface area contributed by atoms with Crippen LogP contribution in [0.1, 0.15) is 19.4 Å². The quantitative estimate of drug-likeness (QED) is 0.259. The van der Waals surface area contributed by atoms with E-state index in [2.05, 4.69) is 110 Å². The first-order chi connectivity index (χ1) is 16.1. The molecule has 0 spiro atoms. The second-order valence-electron chi connectivity index (χ2n) is 8.02. The third-order valence-corrected chi connectivity index (χ3v) is 5.80. The van der Waals surface area contributed by atoms with E-state index in [0.29, 0.717) is 0 Å². The molecular weight excluding hydrogens is 398 g/mol. The van der Waals surface area contributed by atoms with Gasteiger partial charge in [-0.2, -0.15) is 0 Å². The van der Waals surface area contributed by atoms with E-state index in [9.17, 15) is 0 Å². The molecule has 4 rings (SSSR count). The average molecular weight is 428 g/mol. The first-order valence-corrected chi connectivity index (χ1v) is 11.2. The van der Waals surface area contributed by atoms with E-state index >= 15 is 0 Å². The molecule has 3 aromatic carbocycles. The maximum absolute atomic E-state index is 4.22. The average Bonchev–Trinajstić information content (AvgIpc) is 3.18. The highest BCUT2D eigenvalue weighted by Crippen LogP contribution is 2.34. The minimum absolute atomic E-state index is 0.991. The molecule has 1 heteroatoms. The Morgan fingerprint density at radius 1 is 0.848 bits per heavy atom. The normalized spacial score (nSPS) is 12.9. The molecule has 0 fully saturated rings. The number of aromatic nitrogens is 1. The second-order valence-corrected chi connectivity index (χ2v) is 8.02. The first-order valence-electron chi connectivity index (χ1n) is 11.2. The zero-order valence-corrected chi connectivity index (χ0v) is 19.3. The fraction of sp³-hybridized carbons (Fsp3) is 0.0625. The van der Waals surface area contributed by atoms with Crippen molar-refractivity contribution in [3.8, 4) is 5.69 Å². The van der Waals surface area contributed by atoms with Crippen LogP contribution < -0.4 is 0 Å². The van der Waals surface area contributed by atoms with Crippen LogP contribution in [0, 0.1) is 0 Å². The third kappa shape index (κ3) is 4.58. The number of allylic oxidation sites excluding steroid dienone is 10. The molecule has 0 bridgehead atoms. The summed E-state index contributed by atoms with van der Waals surface area (Å²) in [7, 11) is 0. The van der Waals surface area contributed by atoms with Crippen LogP contribution in [-0.2, 0) is 0 Å². The number of nitrogens with zero attached hydrogens (tertiary/aromatic N) is 1. The standard InChI is InChI=1S/C32H29N/c1-5-7-9-15-24(3)25(4)22-26(14-6-2)27-20-21-32-30(23-27)29-18-12-13-19-31(29)33(32)28-16-10-8-11-17-28/h5-23H,2-3H2,1,4H3/b7-5-,15-9-,25-22+,26-14+. The van der Waals surface area contributed by atoms with Gasteiger partial charge in [0.25, 0.3) is 0 Å². The van der Waals surface area contributed by atoms with E-state index in [0.717, 1.165) is 22.3 Å². The minimum atomic E-state index is 0.991. The molecule has 0 unspecified atom stereocenters. The lowest BCUT2D eigenvalue weighted by atomic mass is 9.98. The highest BCUT2D eigenvalue weighted by Gasteiger charge is 2.13. The highest BCUT2D eigenvalue weighted by molar-refractivity contribution is 6.10. The lowest BCUT2D eigenvalue weighted by Crippen LogP contribution is -1.93. The topological polar surface area (TPSA) is 4.93 Å². The Labute approximate surface area is 196 Å². The van der Waals surface area contributed by atoms with Gasteiger partial charge in [0.1, 0.15) is 0 Å². The van der Waals surface area contributed by atoms with Crippen LogP contribution in [0.3, 0.4) is 0 Å². The number of rotatable bonds is 7. The SMILES string of the molecule is C=C/C=C(\C=C(/C)C(=C)/C=C\C=C/C)c1ccc2c(c1)c1ccccc1n2-c1ccccc1. The Bertz CT molecular complexity index is 1440. The molecule has 0 aliphatic carbocycles. The molecule has 162 valence electrons. The van der Waals surface area contributed by atoms with E-state index < -0.39 is 0 Å². The number of para-hydroxylation sites is 2. The molecule has 1 nitrogen and oxygen atoms in total. The van der Waals surface area contributed by atoms with Crippen molar-refractivity contribution in [2.45, 2.75) is 13.8 Å². The lowest BCUT2D eigenvalue weighted by Gasteiger charge is -2.09. The van der Waals surface area contributed by atoms with Gasteiger partial charge in [0.15, 0.2) is 0 Å². The molecular formula is C32H29N. The van der Waals surface area contributed by atoms with Crippen LogP contribution >= 0.6 is 0 Å². The predicted molar refractivity (Wildman–Crippen MR) is 146 cm³/mol. The summed E-state index contributed by atoms with van der Waals surface area (Å²) >= 11 is 0. The zero-order chi connectivity index (χ0) is 23.2. The highest BCUT2D eigenvalue weighted by atomic mass is 15.0. The number of fused-ring (bicyclic) bond motifs is 3. The van der Waals surface area contributed by atoms with Crippen molar-refractivity contribution in [2.75, 3.05) is 0 Å². The van der Waals surface area contributed by atoms with Crippen LogP contribution in [-0.4, -0.2) is 4.57 Å². The van der Waals surface area contributed by atoms with Crippen molar-refractivity contribution < 1.29 is 0 Å². The predicted octanol–water partition coefficient (Wildman–Crippen LogP) is 8.99. The maximum atomic E-state index is 4.22. The van der Waals surface area contributed by atoms with Crippen molar-refractivity contribution in [1.29, 1.82) is 0 Å². The molecule has 0 amide bonds. The van der Waals surface area contributed by atoms with E-state index in [1.54, 1.807) is 0 Å². The van der Waals surface area contributed by atoms with Gasteiger partial charge in [-0.3, -0.25) is 0 Å². The Morgan fingerprint density at radius 2 is 1.58 bits per heavy atom. The summed E-state index contributed by atoms with van der Waals surface area (Å²) in [5, 5.41) is 2.48. The van der Waals surface area contributed by atoms with Gasteiger partial charge in [0, 0.05) is 16.5 Å². The molecule has 0 aliphatic rings. The van der Waals surface area contributed by atoms with Crippen LogP contribution in [0.4, 0.5) is 0 Å². The molecule has 0 radical (unpaired) electrons. The van der Waals surface area contributed by atoms with Gasteiger partial charge >= 0.3 is 0 Å².